The number of Topliss-reactive ketones (excluding diaryl/α,β-unsaturated/α-hetero) is 1. The molecule has 1 fully saturated rings. The minimum Gasteiger partial charge on any atom is -0.294 e. The number of pyridine rings is 1. The van der Waals surface area contributed by atoms with Gasteiger partial charge in [-0.2, -0.15) is 0 Å². The highest BCUT2D eigenvalue weighted by Gasteiger charge is 2.52. The van der Waals surface area contributed by atoms with Crippen molar-refractivity contribution in [3.05, 3.63) is 77.6 Å². The third-order valence-electron chi connectivity index (χ3n) is 5.32. The summed E-state index contributed by atoms with van der Waals surface area (Å²) in [5.74, 6) is 0.464. The van der Waals surface area contributed by atoms with Crippen molar-refractivity contribution in [3.63, 3.8) is 0 Å². The van der Waals surface area contributed by atoms with Crippen LogP contribution in [-0.2, 0) is 6.42 Å². The van der Waals surface area contributed by atoms with Gasteiger partial charge in [-0.15, -0.1) is 0 Å². The predicted molar refractivity (Wildman–Crippen MR) is 86.9 cm³/mol. The van der Waals surface area contributed by atoms with Gasteiger partial charge in [-0.25, -0.2) is 0 Å². The first-order valence-corrected chi connectivity index (χ1v) is 7.91. The van der Waals surface area contributed by atoms with Crippen LogP contribution in [0, 0.1) is 5.41 Å². The van der Waals surface area contributed by atoms with Crippen molar-refractivity contribution in [2.24, 2.45) is 5.41 Å². The summed E-state index contributed by atoms with van der Waals surface area (Å²) in [4.78, 5) is 17.8. The van der Waals surface area contributed by atoms with Crippen molar-refractivity contribution < 1.29 is 4.79 Å². The van der Waals surface area contributed by atoms with Gasteiger partial charge in [-0.1, -0.05) is 42.5 Å². The highest BCUT2D eigenvalue weighted by molar-refractivity contribution is 6.04. The summed E-state index contributed by atoms with van der Waals surface area (Å²) in [6, 6.07) is 14.0. The second kappa shape index (κ2) is 4.91. The normalized spacial score (nSPS) is 27.2. The topological polar surface area (TPSA) is 30.0 Å². The standard InChI is InChI=1S/C20H19NO/c1-14-12-17(18-8-4-5-11-21-18)20(13-14)10-9-15-6-2-3-7-16(15)19(20)22/h2-8,11,17H,1,9-10,12-13H2/t17-,20+/m0/s1. The van der Waals surface area contributed by atoms with E-state index in [9.17, 15) is 4.79 Å². The van der Waals surface area contributed by atoms with Gasteiger partial charge in [0.1, 0.15) is 0 Å². The Balaban J connectivity index is 1.83. The lowest BCUT2D eigenvalue weighted by molar-refractivity contribution is 0.0735. The molecule has 1 aromatic carbocycles. The van der Waals surface area contributed by atoms with E-state index in [0.717, 1.165) is 36.9 Å². The molecule has 1 spiro atoms. The molecule has 4 rings (SSSR count). The summed E-state index contributed by atoms with van der Waals surface area (Å²) >= 11 is 0. The highest BCUT2D eigenvalue weighted by Crippen LogP contribution is 2.56. The van der Waals surface area contributed by atoms with Crippen LogP contribution in [0.2, 0.25) is 0 Å². The molecule has 110 valence electrons. The second-order valence-electron chi connectivity index (χ2n) is 6.58. The fourth-order valence-electron chi connectivity index (χ4n) is 4.30. The molecule has 1 heterocycles. The summed E-state index contributed by atoms with van der Waals surface area (Å²) in [7, 11) is 0. The lowest BCUT2D eigenvalue weighted by Crippen LogP contribution is -2.38. The highest BCUT2D eigenvalue weighted by atomic mass is 16.1. The van der Waals surface area contributed by atoms with Crippen LogP contribution in [0.1, 0.15) is 46.8 Å². The maximum atomic E-state index is 13.3. The Morgan fingerprint density at radius 3 is 2.77 bits per heavy atom. The fraction of sp³-hybridized carbons (Fsp3) is 0.300. The number of carbonyl (C=O) groups excluding carboxylic acids is 1. The van der Waals surface area contributed by atoms with Gasteiger partial charge in [0, 0.05) is 28.8 Å². The number of benzene rings is 1. The van der Waals surface area contributed by atoms with Crippen molar-refractivity contribution in [2.45, 2.75) is 31.6 Å². The first-order valence-electron chi connectivity index (χ1n) is 7.91. The van der Waals surface area contributed by atoms with Crippen LogP contribution in [0.5, 0.6) is 0 Å². The third-order valence-corrected chi connectivity index (χ3v) is 5.32. The smallest absolute Gasteiger partial charge is 0.170 e. The Labute approximate surface area is 130 Å². The van der Waals surface area contributed by atoms with E-state index in [2.05, 4.69) is 23.7 Å². The third kappa shape index (κ3) is 1.87. The maximum absolute atomic E-state index is 13.3. The Morgan fingerprint density at radius 2 is 1.95 bits per heavy atom. The Morgan fingerprint density at radius 1 is 1.14 bits per heavy atom. The van der Waals surface area contributed by atoms with Crippen LogP contribution >= 0.6 is 0 Å². The summed E-state index contributed by atoms with van der Waals surface area (Å²) in [5.41, 5.74) is 3.98. The quantitative estimate of drug-likeness (QED) is 0.731. The van der Waals surface area contributed by atoms with Gasteiger partial charge in [0.2, 0.25) is 0 Å². The van der Waals surface area contributed by atoms with Crippen molar-refractivity contribution in [1.82, 2.24) is 4.98 Å². The molecular formula is C20H19NO. The summed E-state index contributed by atoms with van der Waals surface area (Å²) < 4.78 is 0. The van der Waals surface area contributed by atoms with Crippen molar-refractivity contribution in [3.8, 4) is 0 Å². The number of fused-ring (bicyclic) bond motifs is 1. The first kappa shape index (κ1) is 13.4. The summed E-state index contributed by atoms with van der Waals surface area (Å²) in [5, 5.41) is 0. The molecule has 1 aromatic heterocycles. The van der Waals surface area contributed by atoms with Gasteiger partial charge < -0.3 is 0 Å². The van der Waals surface area contributed by atoms with E-state index in [-0.39, 0.29) is 11.3 Å². The van der Waals surface area contributed by atoms with Crippen molar-refractivity contribution in [1.29, 1.82) is 0 Å². The van der Waals surface area contributed by atoms with Gasteiger partial charge in [0.15, 0.2) is 5.78 Å². The molecule has 2 aliphatic rings. The van der Waals surface area contributed by atoms with E-state index in [1.165, 1.54) is 11.1 Å². The minimum atomic E-state index is -0.334. The molecule has 22 heavy (non-hydrogen) atoms. The molecule has 1 saturated carbocycles. The van der Waals surface area contributed by atoms with Crippen molar-refractivity contribution >= 4 is 5.78 Å². The number of ketones is 1. The molecule has 2 atom stereocenters. The fourth-order valence-corrected chi connectivity index (χ4v) is 4.30. The Kier molecular flexibility index (Phi) is 3.00. The number of rotatable bonds is 1. The number of aryl methyl sites for hydroxylation is 1. The summed E-state index contributed by atoms with van der Waals surface area (Å²) in [6.45, 7) is 4.19. The maximum Gasteiger partial charge on any atom is 0.170 e. The average molecular weight is 289 g/mol. The van der Waals surface area contributed by atoms with Crippen LogP contribution in [-0.4, -0.2) is 10.8 Å². The monoisotopic (exact) mass is 289 g/mol. The summed E-state index contributed by atoms with van der Waals surface area (Å²) in [6.07, 6.45) is 5.39. The molecule has 2 aromatic rings. The van der Waals surface area contributed by atoms with Crippen molar-refractivity contribution in [2.75, 3.05) is 0 Å². The van der Waals surface area contributed by atoms with Crippen LogP contribution in [0.4, 0.5) is 0 Å². The zero-order valence-corrected chi connectivity index (χ0v) is 12.6. The molecule has 2 nitrogen and oxygen atoms in total. The van der Waals surface area contributed by atoms with Gasteiger partial charge in [0.05, 0.1) is 0 Å². The lowest BCUT2D eigenvalue weighted by atomic mass is 9.64. The van der Waals surface area contributed by atoms with E-state index in [1.54, 1.807) is 0 Å². The molecule has 0 radical (unpaired) electrons. The molecule has 0 aliphatic heterocycles. The lowest BCUT2D eigenvalue weighted by Gasteiger charge is -2.37. The van der Waals surface area contributed by atoms with E-state index >= 15 is 0 Å². The molecule has 0 amide bonds. The predicted octanol–water partition coefficient (Wildman–Crippen LogP) is 4.33. The first-order chi connectivity index (χ1) is 10.7. The van der Waals surface area contributed by atoms with Crippen LogP contribution in [0.25, 0.3) is 0 Å². The van der Waals surface area contributed by atoms with Gasteiger partial charge in [-0.3, -0.25) is 9.78 Å². The van der Waals surface area contributed by atoms with Crippen LogP contribution < -0.4 is 0 Å². The molecule has 2 heteroatoms. The zero-order valence-electron chi connectivity index (χ0n) is 12.6. The Hall–Kier alpha value is -2.22. The Bertz CT molecular complexity index is 749. The molecule has 0 bridgehead atoms. The largest absolute Gasteiger partial charge is 0.294 e. The molecule has 0 N–H and O–H groups in total. The zero-order chi connectivity index (χ0) is 15.2. The van der Waals surface area contributed by atoms with Gasteiger partial charge in [-0.05, 0) is 43.4 Å². The SMILES string of the molecule is C=C1C[C@@H](c2ccccn2)[C@@]2(CCc3ccccc3C2=O)C1. The molecule has 0 unspecified atom stereocenters. The average Bonchev–Trinajstić information content (AvgIpc) is 2.90. The number of hydrogen-bond acceptors (Lipinski definition) is 2. The molecule has 2 aliphatic carbocycles. The number of aromatic nitrogens is 1. The van der Waals surface area contributed by atoms with Crippen LogP contribution in [0.15, 0.2) is 60.8 Å². The van der Waals surface area contributed by atoms with E-state index < -0.39 is 0 Å². The van der Waals surface area contributed by atoms with Gasteiger partial charge in [0.25, 0.3) is 0 Å². The van der Waals surface area contributed by atoms with Crippen LogP contribution in [0.3, 0.4) is 0 Å². The second-order valence-corrected chi connectivity index (χ2v) is 6.58. The van der Waals surface area contributed by atoms with Gasteiger partial charge >= 0.3 is 0 Å². The van der Waals surface area contributed by atoms with E-state index in [1.807, 2.05) is 36.5 Å². The van der Waals surface area contributed by atoms with E-state index in [4.69, 9.17) is 0 Å². The van der Waals surface area contributed by atoms with E-state index in [0.29, 0.717) is 5.78 Å². The number of hydrogen-bond donors (Lipinski definition) is 0. The minimum absolute atomic E-state index is 0.169. The number of allylic oxidation sites excluding steroid dienone is 1. The molecular weight excluding hydrogens is 270 g/mol. The number of nitrogens with zero attached hydrogens (tertiary/aromatic N) is 1. The molecule has 0 saturated heterocycles. The number of carbonyl (C=O) groups is 1.